The van der Waals surface area contributed by atoms with Crippen LogP contribution in [-0.2, 0) is 10.0 Å². The van der Waals surface area contributed by atoms with E-state index in [9.17, 15) is 8.42 Å². The molecule has 0 amide bonds. The Morgan fingerprint density at radius 2 is 1.75 bits per heavy atom. The third-order valence-corrected chi connectivity index (χ3v) is 6.12. The normalized spacial score (nSPS) is 22.2. The third-order valence-electron chi connectivity index (χ3n) is 4.16. The van der Waals surface area contributed by atoms with Gasteiger partial charge < -0.3 is 5.32 Å². The zero-order chi connectivity index (χ0) is 14.4. The SMILES string of the molecule is CCCNCCCCS(=O)(=O)N1CCN(C2CC2)CC1. The van der Waals surface area contributed by atoms with Crippen molar-refractivity contribution in [3.05, 3.63) is 0 Å². The number of hydrogen-bond acceptors (Lipinski definition) is 4. The van der Waals surface area contributed by atoms with Crippen LogP contribution in [0.2, 0.25) is 0 Å². The average molecular weight is 303 g/mol. The molecule has 6 heteroatoms. The second-order valence-corrected chi connectivity index (χ2v) is 8.03. The van der Waals surface area contributed by atoms with Crippen LogP contribution < -0.4 is 5.32 Å². The second kappa shape index (κ2) is 7.73. The summed E-state index contributed by atoms with van der Waals surface area (Å²) in [5, 5.41) is 3.31. The zero-order valence-electron chi connectivity index (χ0n) is 12.7. The van der Waals surface area contributed by atoms with Crippen LogP contribution in [0.1, 0.15) is 39.0 Å². The lowest BCUT2D eigenvalue weighted by Crippen LogP contribution is -2.49. The lowest BCUT2D eigenvalue weighted by Gasteiger charge is -2.34. The Balaban J connectivity index is 1.63. The molecule has 20 heavy (non-hydrogen) atoms. The maximum absolute atomic E-state index is 12.3. The summed E-state index contributed by atoms with van der Waals surface area (Å²) in [5.41, 5.74) is 0. The van der Waals surface area contributed by atoms with Crippen molar-refractivity contribution in [2.75, 3.05) is 45.0 Å². The number of unbranched alkanes of at least 4 members (excludes halogenated alkanes) is 1. The monoisotopic (exact) mass is 303 g/mol. The predicted octanol–water partition coefficient (Wildman–Crippen LogP) is 0.876. The van der Waals surface area contributed by atoms with Gasteiger partial charge in [-0.3, -0.25) is 4.90 Å². The minimum absolute atomic E-state index is 0.310. The molecule has 1 aliphatic heterocycles. The highest BCUT2D eigenvalue weighted by atomic mass is 32.2. The van der Waals surface area contributed by atoms with Gasteiger partial charge in [-0.15, -0.1) is 0 Å². The van der Waals surface area contributed by atoms with E-state index in [0.717, 1.165) is 51.5 Å². The van der Waals surface area contributed by atoms with E-state index in [2.05, 4.69) is 17.1 Å². The Labute approximate surface area is 123 Å². The van der Waals surface area contributed by atoms with E-state index in [1.807, 2.05) is 0 Å². The molecule has 0 spiro atoms. The minimum Gasteiger partial charge on any atom is -0.317 e. The summed E-state index contributed by atoms with van der Waals surface area (Å²) in [6.07, 6.45) is 5.45. The van der Waals surface area contributed by atoms with E-state index in [1.165, 1.54) is 12.8 Å². The number of sulfonamides is 1. The van der Waals surface area contributed by atoms with Crippen molar-refractivity contribution in [3.63, 3.8) is 0 Å². The molecule has 0 aromatic heterocycles. The lowest BCUT2D eigenvalue weighted by molar-refractivity contribution is 0.180. The van der Waals surface area contributed by atoms with Crippen LogP contribution in [-0.4, -0.2) is 68.7 Å². The second-order valence-electron chi connectivity index (χ2n) is 5.94. The van der Waals surface area contributed by atoms with Crippen molar-refractivity contribution in [2.24, 2.45) is 0 Å². The Hall–Kier alpha value is -0.170. The van der Waals surface area contributed by atoms with E-state index in [4.69, 9.17) is 0 Å². The highest BCUT2D eigenvalue weighted by Gasteiger charge is 2.33. The van der Waals surface area contributed by atoms with Gasteiger partial charge in [-0.25, -0.2) is 8.42 Å². The summed E-state index contributed by atoms with van der Waals surface area (Å²) in [6, 6.07) is 0.754. The number of rotatable bonds is 9. The van der Waals surface area contributed by atoms with E-state index >= 15 is 0 Å². The van der Waals surface area contributed by atoms with E-state index in [1.54, 1.807) is 4.31 Å². The van der Waals surface area contributed by atoms with Gasteiger partial charge in [0.05, 0.1) is 5.75 Å². The fraction of sp³-hybridized carbons (Fsp3) is 1.00. The molecule has 1 N–H and O–H groups in total. The van der Waals surface area contributed by atoms with Gasteiger partial charge in [0.25, 0.3) is 0 Å². The Morgan fingerprint density at radius 1 is 1.05 bits per heavy atom. The van der Waals surface area contributed by atoms with Gasteiger partial charge in [0, 0.05) is 32.2 Å². The van der Waals surface area contributed by atoms with Gasteiger partial charge in [0.15, 0.2) is 0 Å². The molecule has 1 heterocycles. The Morgan fingerprint density at radius 3 is 2.35 bits per heavy atom. The molecule has 2 aliphatic rings. The summed E-state index contributed by atoms with van der Waals surface area (Å²) >= 11 is 0. The molecule has 118 valence electrons. The maximum Gasteiger partial charge on any atom is 0.214 e. The molecule has 5 nitrogen and oxygen atoms in total. The smallest absolute Gasteiger partial charge is 0.214 e. The standard InChI is InChI=1S/C14H29N3O2S/c1-2-7-15-8-3-4-13-20(18,19)17-11-9-16(10-12-17)14-5-6-14/h14-15H,2-13H2,1H3. The first-order chi connectivity index (χ1) is 9.63. The summed E-state index contributed by atoms with van der Waals surface area (Å²) in [5.74, 6) is 0.310. The number of nitrogens with one attached hydrogen (secondary N) is 1. The first-order valence-electron chi connectivity index (χ1n) is 8.06. The Bertz CT molecular complexity index is 374. The predicted molar refractivity (Wildman–Crippen MR) is 82.3 cm³/mol. The number of piperazine rings is 1. The largest absolute Gasteiger partial charge is 0.317 e. The van der Waals surface area contributed by atoms with Gasteiger partial charge >= 0.3 is 0 Å². The van der Waals surface area contributed by atoms with Crippen molar-refractivity contribution >= 4 is 10.0 Å². The summed E-state index contributed by atoms with van der Waals surface area (Å²) < 4.78 is 26.2. The van der Waals surface area contributed by atoms with Gasteiger partial charge in [0.1, 0.15) is 0 Å². The molecule has 0 bridgehead atoms. The molecule has 0 unspecified atom stereocenters. The van der Waals surface area contributed by atoms with Crippen LogP contribution in [0.3, 0.4) is 0 Å². The topological polar surface area (TPSA) is 52.7 Å². The van der Waals surface area contributed by atoms with Crippen molar-refractivity contribution in [1.82, 2.24) is 14.5 Å². The number of nitrogens with zero attached hydrogens (tertiary/aromatic N) is 2. The fourth-order valence-corrected chi connectivity index (χ4v) is 4.30. The molecule has 1 saturated heterocycles. The first-order valence-corrected chi connectivity index (χ1v) is 9.67. The molecule has 2 fully saturated rings. The fourth-order valence-electron chi connectivity index (χ4n) is 2.75. The van der Waals surface area contributed by atoms with E-state index < -0.39 is 10.0 Å². The van der Waals surface area contributed by atoms with Crippen LogP contribution in [0.15, 0.2) is 0 Å². The van der Waals surface area contributed by atoms with Crippen LogP contribution in [0.5, 0.6) is 0 Å². The highest BCUT2D eigenvalue weighted by Crippen LogP contribution is 2.27. The van der Waals surface area contributed by atoms with Crippen LogP contribution >= 0.6 is 0 Å². The molecular weight excluding hydrogens is 274 g/mol. The maximum atomic E-state index is 12.3. The molecular formula is C14H29N3O2S. The van der Waals surface area contributed by atoms with Gasteiger partial charge in [-0.05, 0) is 45.2 Å². The summed E-state index contributed by atoms with van der Waals surface area (Å²) in [7, 11) is -3.03. The van der Waals surface area contributed by atoms with Gasteiger partial charge in [0.2, 0.25) is 10.0 Å². The quantitative estimate of drug-likeness (QED) is 0.642. The lowest BCUT2D eigenvalue weighted by atomic mass is 10.3. The average Bonchev–Trinajstić information content (AvgIpc) is 3.27. The van der Waals surface area contributed by atoms with Crippen molar-refractivity contribution in [1.29, 1.82) is 0 Å². The van der Waals surface area contributed by atoms with Crippen LogP contribution in [0, 0.1) is 0 Å². The molecule has 1 saturated carbocycles. The number of hydrogen-bond donors (Lipinski definition) is 1. The van der Waals surface area contributed by atoms with E-state index in [0.29, 0.717) is 18.8 Å². The van der Waals surface area contributed by atoms with Crippen LogP contribution in [0.4, 0.5) is 0 Å². The van der Waals surface area contributed by atoms with Crippen molar-refractivity contribution in [2.45, 2.75) is 45.1 Å². The third kappa shape index (κ3) is 4.98. The molecule has 0 radical (unpaired) electrons. The summed E-state index contributed by atoms with van der Waals surface area (Å²) in [4.78, 5) is 2.45. The van der Waals surface area contributed by atoms with Crippen LogP contribution in [0.25, 0.3) is 0 Å². The van der Waals surface area contributed by atoms with Crippen molar-refractivity contribution < 1.29 is 8.42 Å². The minimum atomic E-state index is -3.03. The van der Waals surface area contributed by atoms with Gasteiger partial charge in [-0.2, -0.15) is 4.31 Å². The molecule has 0 atom stereocenters. The highest BCUT2D eigenvalue weighted by molar-refractivity contribution is 7.89. The zero-order valence-corrected chi connectivity index (χ0v) is 13.5. The molecule has 0 aromatic carbocycles. The molecule has 1 aliphatic carbocycles. The summed E-state index contributed by atoms with van der Waals surface area (Å²) in [6.45, 7) is 7.30. The van der Waals surface area contributed by atoms with Gasteiger partial charge in [-0.1, -0.05) is 6.92 Å². The Kier molecular flexibility index (Phi) is 6.26. The van der Waals surface area contributed by atoms with Crippen molar-refractivity contribution in [3.8, 4) is 0 Å². The van der Waals surface area contributed by atoms with E-state index in [-0.39, 0.29) is 0 Å². The molecule has 2 rings (SSSR count). The first kappa shape index (κ1) is 16.2. The molecule has 0 aromatic rings.